The second kappa shape index (κ2) is 14.6. The fourth-order valence-corrected chi connectivity index (χ4v) is 4.88. The maximum atomic E-state index is 11.5. The summed E-state index contributed by atoms with van der Waals surface area (Å²) in [5.41, 5.74) is 4.30. The zero-order valence-corrected chi connectivity index (χ0v) is 22.5. The van der Waals surface area contributed by atoms with Gasteiger partial charge in [0, 0.05) is 6.42 Å². The van der Waals surface area contributed by atoms with Gasteiger partial charge in [-0.25, -0.2) is 0 Å². The van der Waals surface area contributed by atoms with E-state index >= 15 is 0 Å². The lowest BCUT2D eigenvalue weighted by Crippen LogP contribution is -2.40. The van der Waals surface area contributed by atoms with E-state index in [1.54, 1.807) is 0 Å². The molecule has 1 fully saturated rings. The zero-order chi connectivity index (χ0) is 27.4. The zero-order valence-electron chi connectivity index (χ0n) is 22.5. The summed E-state index contributed by atoms with van der Waals surface area (Å²) in [6, 6.07) is 39.2. The van der Waals surface area contributed by atoms with Gasteiger partial charge in [-0.1, -0.05) is 133 Å². The van der Waals surface area contributed by atoms with Crippen LogP contribution in [0.4, 0.5) is 0 Å². The normalized spacial score (nSPS) is 20.6. The van der Waals surface area contributed by atoms with Crippen molar-refractivity contribution in [2.75, 3.05) is 6.61 Å². The maximum absolute atomic E-state index is 11.5. The van der Waals surface area contributed by atoms with Crippen LogP contribution in [0.15, 0.2) is 121 Å². The molecule has 0 spiro atoms. The molecule has 5 heteroatoms. The van der Waals surface area contributed by atoms with Crippen molar-refractivity contribution in [2.24, 2.45) is 0 Å². The summed E-state index contributed by atoms with van der Waals surface area (Å²) in [6.07, 6.45) is -0.357. The standard InChI is InChI=1S/C35H35NO4/c37-36-32(23-13-22-28-14-5-1-6-15-28)34(39-25-30-18-9-3-10-19-30)35(40-26-31-20-11-4-12-21-31)33(36)27-38-24-29-16-7-2-8-17-29/h1-12,14-21,32-35,37H,22,24-27H2/t32-,33-,34+,35+/m0/s1. The third-order valence-corrected chi connectivity index (χ3v) is 7.00. The van der Waals surface area contributed by atoms with E-state index in [0.29, 0.717) is 26.2 Å². The number of ether oxygens (including phenoxy) is 3. The number of nitrogens with zero attached hydrogens (tertiary/aromatic N) is 1. The smallest absolute Gasteiger partial charge is 0.125 e. The van der Waals surface area contributed by atoms with Crippen molar-refractivity contribution in [1.29, 1.82) is 0 Å². The summed E-state index contributed by atoms with van der Waals surface area (Å²) in [6.45, 7) is 1.49. The molecule has 1 saturated heterocycles. The van der Waals surface area contributed by atoms with Crippen LogP contribution in [-0.2, 0) is 40.5 Å². The summed E-state index contributed by atoms with van der Waals surface area (Å²) >= 11 is 0. The monoisotopic (exact) mass is 533 g/mol. The van der Waals surface area contributed by atoms with Crippen LogP contribution in [0.1, 0.15) is 22.3 Å². The van der Waals surface area contributed by atoms with Gasteiger partial charge < -0.3 is 19.4 Å². The van der Waals surface area contributed by atoms with Crippen molar-refractivity contribution >= 4 is 0 Å². The first-order valence-corrected chi connectivity index (χ1v) is 13.7. The fourth-order valence-electron chi connectivity index (χ4n) is 4.88. The van der Waals surface area contributed by atoms with Crippen LogP contribution in [-0.4, -0.2) is 41.2 Å². The molecule has 1 N–H and O–H groups in total. The summed E-state index contributed by atoms with van der Waals surface area (Å²) in [5, 5.41) is 12.8. The Morgan fingerprint density at radius 2 is 1.02 bits per heavy atom. The van der Waals surface area contributed by atoms with Crippen LogP contribution < -0.4 is 0 Å². The van der Waals surface area contributed by atoms with Gasteiger partial charge in [0.1, 0.15) is 18.2 Å². The Morgan fingerprint density at radius 3 is 1.55 bits per heavy atom. The Morgan fingerprint density at radius 1 is 0.575 bits per heavy atom. The fraction of sp³-hybridized carbons (Fsp3) is 0.257. The molecule has 0 saturated carbocycles. The number of hydrogen-bond acceptors (Lipinski definition) is 5. The maximum Gasteiger partial charge on any atom is 0.125 e. The molecule has 204 valence electrons. The molecule has 1 heterocycles. The number of benzene rings is 4. The molecule has 0 unspecified atom stereocenters. The number of hydrogen-bond donors (Lipinski definition) is 1. The molecule has 4 aromatic rings. The molecule has 0 aliphatic carbocycles. The molecule has 5 rings (SSSR count). The summed E-state index contributed by atoms with van der Waals surface area (Å²) < 4.78 is 19.1. The van der Waals surface area contributed by atoms with E-state index in [9.17, 15) is 5.21 Å². The average Bonchev–Trinajstić information content (AvgIpc) is 3.26. The van der Waals surface area contributed by atoms with Crippen molar-refractivity contribution in [3.63, 3.8) is 0 Å². The quantitative estimate of drug-likeness (QED) is 0.238. The van der Waals surface area contributed by atoms with Gasteiger partial charge in [-0.2, -0.15) is 5.06 Å². The third kappa shape index (κ3) is 7.67. The Kier molecular flexibility index (Phi) is 10.1. The van der Waals surface area contributed by atoms with E-state index in [1.165, 1.54) is 5.06 Å². The first kappa shape index (κ1) is 27.8. The lowest BCUT2D eigenvalue weighted by molar-refractivity contribution is -0.155. The van der Waals surface area contributed by atoms with Gasteiger partial charge in [-0.15, -0.1) is 0 Å². The molecule has 0 radical (unpaired) electrons. The average molecular weight is 534 g/mol. The lowest BCUT2D eigenvalue weighted by Gasteiger charge is -2.25. The largest absolute Gasteiger partial charge is 0.375 e. The highest BCUT2D eigenvalue weighted by molar-refractivity contribution is 5.25. The molecule has 1 aliphatic heterocycles. The highest BCUT2D eigenvalue weighted by atomic mass is 16.6. The van der Waals surface area contributed by atoms with E-state index in [0.717, 1.165) is 22.3 Å². The topological polar surface area (TPSA) is 51.2 Å². The summed E-state index contributed by atoms with van der Waals surface area (Å²) in [4.78, 5) is 0. The van der Waals surface area contributed by atoms with Gasteiger partial charge >= 0.3 is 0 Å². The molecular weight excluding hydrogens is 498 g/mol. The highest BCUT2D eigenvalue weighted by Gasteiger charge is 2.50. The van der Waals surface area contributed by atoms with Gasteiger partial charge in [-0.05, 0) is 22.3 Å². The van der Waals surface area contributed by atoms with E-state index in [1.807, 2.05) is 109 Å². The molecule has 4 atom stereocenters. The van der Waals surface area contributed by atoms with Gasteiger partial charge in [0.25, 0.3) is 0 Å². The molecular formula is C35H35NO4. The number of hydroxylamine groups is 2. The second-order valence-electron chi connectivity index (χ2n) is 9.90. The van der Waals surface area contributed by atoms with Crippen LogP contribution in [0, 0.1) is 11.8 Å². The predicted molar refractivity (Wildman–Crippen MR) is 155 cm³/mol. The van der Waals surface area contributed by atoms with Crippen molar-refractivity contribution in [3.05, 3.63) is 144 Å². The second-order valence-corrected chi connectivity index (χ2v) is 9.90. The van der Waals surface area contributed by atoms with Crippen LogP contribution >= 0.6 is 0 Å². The first-order valence-electron chi connectivity index (χ1n) is 13.7. The van der Waals surface area contributed by atoms with Crippen LogP contribution in [0.5, 0.6) is 0 Å². The minimum Gasteiger partial charge on any atom is -0.375 e. The molecule has 0 aromatic heterocycles. The Bertz CT molecular complexity index is 1340. The van der Waals surface area contributed by atoms with Gasteiger partial charge in [0.05, 0.1) is 32.5 Å². The highest BCUT2D eigenvalue weighted by Crippen LogP contribution is 2.30. The minimum atomic E-state index is -0.571. The summed E-state index contributed by atoms with van der Waals surface area (Å²) in [5.74, 6) is 6.57. The Labute approximate surface area is 236 Å². The third-order valence-electron chi connectivity index (χ3n) is 7.00. The molecule has 0 bridgehead atoms. The van der Waals surface area contributed by atoms with Crippen molar-refractivity contribution in [3.8, 4) is 11.8 Å². The van der Waals surface area contributed by atoms with E-state index in [-0.39, 0.29) is 6.61 Å². The Balaban J connectivity index is 1.37. The SMILES string of the molecule is ON1[C@@H](C#CCc2ccccc2)[C@@H](OCc2ccccc2)[C@H](OCc2ccccc2)[C@@H]1COCc1ccccc1. The van der Waals surface area contributed by atoms with Crippen LogP contribution in [0.2, 0.25) is 0 Å². The van der Waals surface area contributed by atoms with Crippen LogP contribution in [0.25, 0.3) is 0 Å². The molecule has 40 heavy (non-hydrogen) atoms. The van der Waals surface area contributed by atoms with E-state index < -0.39 is 24.3 Å². The van der Waals surface area contributed by atoms with E-state index in [4.69, 9.17) is 14.2 Å². The summed E-state index contributed by atoms with van der Waals surface area (Å²) in [7, 11) is 0. The lowest BCUT2D eigenvalue weighted by atomic mass is 10.1. The Hall–Kier alpha value is -3.76. The van der Waals surface area contributed by atoms with Gasteiger partial charge in [-0.3, -0.25) is 0 Å². The molecule has 1 aliphatic rings. The first-order chi connectivity index (χ1) is 19.8. The predicted octanol–water partition coefficient (Wildman–Crippen LogP) is 6.06. The van der Waals surface area contributed by atoms with Crippen molar-refractivity contribution < 1.29 is 19.4 Å². The molecule has 0 amide bonds. The van der Waals surface area contributed by atoms with Crippen molar-refractivity contribution in [1.82, 2.24) is 5.06 Å². The number of rotatable bonds is 11. The molecule has 5 nitrogen and oxygen atoms in total. The minimum absolute atomic E-state index is 0.271. The van der Waals surface area contributed by atoms with Gasteiger partial charge in [0.2, 0.25) is 0 Å². The van der Waals surface area contributed by atoms with Crippen LogP contribution in [0.3, 0.4) is 0 Å². The van der Waals surface area contributed by atoms with Crippen molar-refractivity contribution in [2.45, 2.75) is 50.5 Å². The molecule has 4 aromatic carbocycles. The van der Waals surface area contributed by atoms with Gasteiger partial charge in [0.15, 0.2) is 0 Å². The van der Waals surface area contributed by atoms with E-state index in [2.05, 4.69) is 24.0 Å².